The van der Waals surface area contributed by atoms with Gasteiger partial charge >= 0.3 is 0 Å². The number of aliphatic hydroxyl groups is 1. The Hall–Kier alpha value is -4.60. The molecule has 0 spiro atoms. The summed E-state index contributed by atoms with van der Waals surface area (Å²) in [6, 6.07) is 33.3. The second-order valence-electron chi connectivity index (χ2n) is 11.5. The number of tetrazole rings is 2. The predicted octanol–water partition coefficient (Wildman–Crippen LogP) is 3.01. The molecular weight excluding hydrogens is 795 g/mol. The molecule has 7 aromatic rings. The van der Waals surface area contributed by atoms with E-state index in [-0.39, 0.29) is 23.6 Å². The third-order valence-electron chi connectivity index (χ3n) is 8.57. The number of nitrogens with zero attached hydrogens (tertiary/aromatic N) is 8. The Kier molecular flexibility index (Phi) is 11.0. The largest absolute Gasteiger partial charge is 1.00 e. The molecule has 3 heterocycles. The van der Waals surface area contributed by atoms with Gasteiger partial charge in [-0.25, -0.2) is 9.13 Å². The first-order valence-electron chi connectivity index (χ1n) is 15.9. The van der Waals surface area contributed by atoms with E-state index in [0.717, 1.165) is 73.3 Å². The van der Waals surface area contributed by atoms with E-state index >= 15 is 0 Å². The predicted molar refractivity (Wildman–Crippen MR) is 190 cm³/mol. The molecule has 0 saturated carbocycles. The molecular formula is C36H34BrIN10O. The summed E-state index contributed by atoms with van der Waals surface area (Å²) in [5.74, 6) is 2.03. The lowest BCUT2D eigenvalue weighted by Crippen LogP contribution is -3.00. The number of halogens is 2. The average Bonchev–Trinajstić information content (AvgIpc) is 3.91. The molecule has 0 bridgehead atoms. The molecule has 4 aromatic carbocycles. The molecule has 13 heteroatoms. The Morgan fingerprint density at radius 2 is 1.22 bits per heavy atom. The fraction of sp³-hybridized carbons (Fsp3) is 0.194. The number of unbranched alkanes of at least 4 members (excludes halogenated alkanes) is 1. The molecule has 0 radical (unpaired) electrons. The van der Waals surface area contributed by atoms with E-state index in [4.69, 9.17) is 0 Å². The highest BCUT2D eigenvalue weighted by atomic mass is 127. The molecule has 0 unspecified atom stereocenters. The number of aromatic nitrogens is 10. The van der Waals surface area contributed by atoms with Crippen molar-refractivity contribution in [2.45, 2.75) is 45.9 Å². The molecule has 248 valence electrons. The molecule has 11 nitrogen and oxygen atoms in total. The van der Waals surface area contributed by atoms with Gasteiger partial charge in [-0.1, -0.05) is 110 Å². The molecule has 0 aliphatic rings. The number of H-pyrrole nitrogens is 2. The number of nitrogens with one attached hydrogen (secondary N) is 2. The van der Waals surface area contributed by atoms with Crippen LogP contribution in [0.5, 0.6) is 0 Å². The maximum atomic E-state index is 10.8. The first-order valence-corrected chi connectivity index (χ1v) is 17.0. The lowest BCUT2D eigenvalue weighted by atomic mass is 9.98. The van der Waals surface area contributed by atoms with Crippen molar-refractivity contribution in [3.63, 3.8) is 0 Å². The Morgan fingerprint density at radius 3 is 1.69 bits per heavy atom. The minimum absolute atomic E-state index is 0. The summed E-state index contributed by atoms with van der Waals surface area (Å²) >= 11 is 2.46. The SMILES string of the molecule is CCCCc1c(I)[n+](Cc2ccc(-c3ccccc3-c3nn[nH]n3)cc2)c(CO)n1Cc1ccc(-c2ccccc2-c2nn[nH]n2)cc1.[Br-]. The van der Waals surface area contributed by atoms with Gasteiger partial charge in [-0.3, -0.25) is 0 Å². The van der Waals surface area contributed by atoms with Gasteiger partial charge in [0.25, 0.3) is 5.82 Å². The zero-order chi connectivity index (χ0) is 32.9. The normalized spacial score (nSPS) is 11.1. The maximum absolute atomic E-state index is 10.8. The van der Waals surface area contributed by atoms with Gasteiger partial charge in [-0.15, -0.1) is 20.4 Å². The standard InChI is InChI=1S/C36H34IN10O.BrH/c1-2-3-12-32-34(37)47(22-25-15-19-27(20-16-25)29-9-5-7-11-31(29)36-40-44-45-41-36)33(23-48)46(32)21-24-13-17-26(18-14-24)28-8-4-6-10-30(28)35-38-42-43-39-35;/h4-11,13-20,48H,2-3,12,21-23H2,1H3,(H,38,39,42,43)(H,40,41,44,45);1H/q+1;/p-1. The van der Waals surface area contributed by atoms with Crippen LogP contribution >= 0.6 is 22.6 Å². The summed E-state index contributed by atoms with van der Waals surface area (Å²) in [4.78, 5) is 0. The second-order valence-corrected chi connectivity index (χ2v) is 12.6. The molecule has 0 aliphatic carbocycles. The van der Waals surface area contributed by atoms with E-state index in [2.05, 4.69) is 141 Å². The number of aliphatic hydroxyl groups excluding tert-OH is 1. The van der Waals surface area contributed by atoms with E-state index in [1.807, 2.05) is 36.4 Å². The number of benzene rings is 4. The van der Waals surface area contributed by atoms with E-state index in [9.17, 15) is 5.11 Å². The first kappa shape index (κ1) is 34.3. The molecule has 0 saturated heterocycles. The Morgan fingerprint density at radius 1 is 0.714 bits per heavy atom. The topological polar surface area (TPSA) is 138 Å². The van der Waals surface area contributed by atoms with Gasteiger partial charge < -0.3 is 22.1 Å². The van der Waals surface area contributed by atoms with Crippen LogP contribution < -0.4 is 21.5 Å². The lowest BCUT2D eigenvalue weighted by Gasteiger charge is -2.09. The van der Waals surface area contributed by atoms with E-state index in [0.29, 0.717) is 24.7 Å². The Labute approximate surface area is 307 Å². The van der Waals surface area contributed by atoms with Gasteiger partial charge in [-0.05, 0) is 50.2 Å². The van der Waals surface area contributed by atoms with Crippen molar-refractivity contribution in [3.8, 4) is 45.0 Å². The molecule has 7 rings (SSSR count). The number of rotatable bonds is 12. The van der Waals surface area contributed by atoms with Crippen molar-refractivity contribution in [2.75, 3.05) is 0 Å². The fourth-order valence-electron chi connectivity index (χ4n) is 6.14. The zero-order valence-corrected chi connectivity index (χ0v) is 30.5. The number of hydrogen-bond donors (Lipinski definition) is 3. The summed E-state index contributed by atoms with van der Waals surface area (Å²) in [6.45, 7) is 3.47. The highest BCUT2D eigenvalue weighted by Crippen LogP contribution is 2.31. The Bertz CT molecular complexity index is 2110. The van der Waals surface area contributed by atoms with Crippen molar-refractivity contribution in [3.05, 3.63) is 123 Å². The molecule has 0 atom stereocenters. The smallest absolute Gasteiger partial charge is 0.284 e. The van der Waals surface area contributed by atoms with Crippen LogP contribution in [0.3, 0.4) is 0 Å². The van der Waals surface area contributed by atoms with Gasteiger partial charge in [0.05, 0.1) is 0 Å². The fourth-order valence-corrected chi connectivity index (χ4v) is 7.15. The minimum Gasteiger partial charge on any atom is -1.00 e. The highest BCUT2D eigenvalue weighted by Gasteiger charge is 2.29. The number of imidazole rings is 1. The van der Waals surface area contributed by atoms with E-state index < -0.39 is 0 Å². The maximum Gasteiger partial charge on any atom is 0.284 e. The summed E-state index contributed by atoms with van der Waals surface area (Å²) < 4.78 is 5.71. The van der Waals surface area contributed by atoms with Crippen LogP contribution in [-0.4, -0.2) is 50.9 Å². The van der Waals surface area contributed by atoms with Gasteiger partial charge in [0.2, 0.25) is 15.3 Å². The van der Waals surface area contributed by atoms with Crippen molar-refractivity contribution in [1.82, 2.24) is 45.8 Å². The summed E-state index contributed by atoms with van der Waals surface area (Å²) in [5.41, 5.74) is 9.64. The van der Waals surface area contributed by atoms with Crippen LogP contribution in [0, 0.1) is 3.70 Å². The van der Waals surface area contributed by atoms with E-state index in [1.54, 1.807) is 0 Å². The molecule has 3 N–H and O–H groups in total. The van der Waals surface area contributed by atoms with Gasteiger partial charge in [-0.2, -0.15) is 10.4 Å². The first-order chi connectivity index (χ1) is 23.6. The monoisotopic (exact) mass is 828 g/mol. The van der Waals surface area contributed by atoms with E-state index in [1.165, 1.54) is 5.69 Å². The van der Waals surface area contributed by atoms with Crippen molar-refractivity contribution in [2.24, 2.45) is 0 Å². The van der Waals surface area contributed by atoms with Crippen molar-refractivity contribution < 1.29 is 26.7 Å². The van der Waals surface area contributed by atoms with Gasteiger partial charge in [0.1, 0.15) is 19.7 Å². The summed E-state index contributed by atoms with van der Waals surface area (Å²) in [5, 5.41) is 40.1. The number of aromatic amines is 2. The third kappa shape index (κ3) is 7.23. The zero-order valence-electron chi connectivity index (χ0n) is 26.8. The minimum atomic E-state index is -0.0611. The molecule has 0 aliphatic heterocycles. The second kappa shape index (κ2) is 15.7. The number of hydrogen-bond acceptors (Lipinski definition) is 7. The molecule has 0 fully saturated rings. The average molecular weight is 830 g/mol. The van der Waals surface area contributed by atoms with Crippen molar-refractivity contribution in [1.29, 1.82) is 0 Å². The van der Waals surface area contributed by atoms with Crippen molar-refractivity contribution >= 4 is 22.6 Å². The quantitative estimate of drug-likeness (QED) is 0.127. The Balaban J connectivity index is 0.00000417. The van der Waals surface area contributed by atoms with Gasteiger partial charge in [0, 0.05) is 40.1 Å². The van der Waals surface area contributed by atoms with Crippen LogP contribution in [0.4, 0.5) is 0 Å². The summed E-state index contributed by atoms with van der Waals surface area (Å²) in [6.07, 6.45) is 3.11. The molecule has 49 heavy (non-hydrogen) atoms. The van der Waals surface area contributed by atoms with Crippen LogP contribution in [-0.2, 0) is 26.1 Å². The van der Waals surface area contributed by atoms with Crippen LogP contribution in [0.2, 0.25) is 0 Å². The summed E-state index contributed by atoms with van der Waals surface area (Å²) in [7, 11) is 0. The highest BCUT2D eigenvalue weighted by molar-refractivity contribution is 14.1. The molecule has 0 amide bonds. The molecule has 3 aromatic heterocycles. The van der Waals surface area contributed by atoms with Crippen LogP contribution in [0.1, 0.15) is 42.4 Å². The van der Waals surface area contributed by atoms with Crippen LogP contribution in [0.25, 0.3) is 45.0 Å². The lowest BCUT2D eigenvalue weighted by molar-refractivity contribution is -0.709. The van der Waals surface area contributed by atoms with Gasteiger partial charge in [0.15, 0.2) is 5.69 Å². The third-order valence-corrected chi connectivity index (χ3v) is 9.78. The van der Waals surface area contributed by atoms with Crippen LogP contribution in [0.15, 0.2) is 97.1 Å².